The predicted octanol–water partition coefficient (Wildman–Crippen LogP) is 4.21. The van der Waals surface area contributed by atoms with Gasteiger partial charge in [0.25, 0.3) is 0 Å². The molecule has 0 aromatic heterocycles. The van der Waals surface area contributed by atoms with Crippen LogP contribution >= 0.6 is 0 Å². The number of hydrogen-bond acceptors (Lipinski definition) is 6. The van der Waals surface area contributed by atoms with E-state index in [9.17, 15) is 14.4 Å². The van der Waals surface area contributed by atoms with Crippen LogP contribution in [0.5, 0.6) is 0 Å². The van der Waals surface area contributed by atoms with Crippen molar-refractivity contribution in [3.63, 3.8) is 0 Å². The van der Waals surface area contributed by atoms with Crippen molar-refractivity contribution in [3.8, 4) is 0 Å². The van der Waals surface area contributed by atoms with E-state index in [0.717, 1.165) is 5.56 Å². The van der Waals surface area contributed by atoms with Gasteiger partial charge in [-0.3, -0.25) is 4.90 Å². The van der Waals surface area contributed by atoms with Crippen molar-refractivity contribution in [2.45, 2.75) is 18.8 Å². The summed E-state index contributed by atoms with van der Waals surface area (Å²) in [7, 11) is 3.98. The summed E-state index contributed by atoms with van der Waals surface area (Å²) < 4.78 is 14.7. The number of hydrogen-bond donors (Lipinski definition) is 0. The van der Waals surface area contributed by atoms with Gasteiger partial charge in [-0.15, -0.1) is 0 Å². The van der Waals surface area contributed by atoms with Gasteiger partial charge in [0.05, 0.1) is 38.1 Å². The quantitative estimate of drug-likeness (QED) is 0.529. The van der Waals surface area contributed by atoms with Crippen LogP contribution in [0.3, 0.4) is 0 Å². The normalized spacial score (nSPS) is 17.0. The smallest absolute Gasteiger partial charge is 0.414 e. The predicted molar refractivity (Wildman–Crippen MR) is 116 cm³/mol. The van der Waals surface area contributed by atoms with Crippen LogP contribution in [0.2, 0.25) is 0 Å². The number of amides is 1. The SMILES string of the molecule is C=C(CC1(C)CN(C(=O)OC)c2ccc(C(=O)OC)cc21)c1ccccc1C(=O)OC. The maximum atomic E-state index is 12.4. The summed E-state index contributed by atoms with van der Waals surface area (Å²) in [5.74, 6) is -0.908. The van der Waals surface area contributed by atoms with Crippen LogP contribution in [-0.2, 0) is 19.6 Å². The van der Waals surface area contributed by atoms with Gasteiger partial charge in [0.15, 0.2) is 0 Å². The summed E-state index contributed by atoms with van der Waals surface area (Å²) in [5, 5.41) is 0. The Labute approximate surface area is 181 Å². The standard InChI is InChI=1S/C24H25NO6/c1-15(17-8-6-7-9-18(17)22(27)30-4)13-24(2)14-25(23(28)31-5)20-11-10-16(12-19(20)24)21(26)29-3/h6-12H,1,13-14H2,2-5H3. The topological polar surface area (TPSA) is 82.1 Å². The first-order valence-electron chi connectivity index (χ1n) is 9.69. The molecule has 1 aliphatic rings. The maximum Gasteiger partial charge on any atom is 0.414 e. The highest BCUT2D eigenvalue weighted by atomic mass is 16.5. The van der Waals surface area contributed by atoms with Crippen LogP contribution in [0.15, 0.2) is 49.0 Å². The Morgan fingerprint density at radius 3 is 2.23 bits per heavy atom. The number of nitrogens with zero attached hydrogens (tertiary/aromatic N) is 1. The van der Waals surface area contributed by atoms with Crippen molar-refractivity contribution in [2.24, 2.45) is 0 Å². The molecule has 7 nitrogen and oxygen atoms in total. The molecule has 7 heteroatoms. The van der Waals surface area contributed by atoms with Crippen molar-refractivity contribution < 1.29 is 28.6 Å². The lowest BCUT2D eigenvalue weighted by Gasteiger charge is -2.27. The van der Waals surface area contributed by atoms with Gasteiger partial charge in [-0.25, -0.2) is 14.4 Å². The van der Waals surface area contributed by atoms with Gasteiger partial charge >= 0.3 is 18.0 Å². The highest BCUT2D eigenvalue weighted by Crippen LogP contribution is 2.46. The molecule has 0 spiro atoms. The Bertz CT molecular complexity index is 1060. The van der Waals surface area contributed by atoms with Crippen LogP contribution < -0.4 is 4.90 Å². The number of allylic oxidation sites excluding steroid dienone is 1. The summed E-state index contributed by atoms with van der Waals surface area (Å²) in [5.41, 5.74) is 3.09. The lowest BCUT2D eigenvalue weighted by atomic mass is 9.77. The molecular formula is C24H25NO6. The average molecular weight is 423 g/mol. The Hall–Kier alpha value is -3.61. The fourth-order valence-corrected chi connectivity index (χ4v) is 4.09. The third kappa shape index (κ3) is 4.03. The molecule has 0 bridgehead atoms. The minimum absolute atomic E-state index is 0.332. The first kappa shape index (κ1) is 22.1. The van der Waals surface area contributed by atoms with Crippen molar-refractivity contribution in [2.75, 3.05) is 32.8 Å². The molecule has 1 atom stereocenters. The second-order valence-electron chi connectivity index (χ2n) is 7.66. The van der Waals surface area contributed by atoms with E-state index < -0.39 is 23.4 Å². The number of benzene rings is 2. The zero-order valence-electron chi connectivity index (χ0n) is 18.1. The number of fused-ring (bicyclic) bond motifs is 1. The highest BCUT2D eigenvalue weighted by molar-refractivity contribution is 5.97. The van der Waals surface area contributed by atoms with E-state index >= 15 is 0 Å². The molecule has 0 radical (unpaired) electrons. The molecule has 3 rings (SSSR count). The Balaban J connectivity index is 2.04. The minimum Gasteiger partial charge on any atom is -0.465 e. The van der Waals surface area contributed by atoms with Gasteiger partial charge in [-0.2, -0.15) is 0 Å². The molecule has 162 valence electrons. The van der Waals surface area contributed by atoms with E-state index in [-0.39, 0.29) is 0 Å². The van der Waals surface area contributed by atoms with Gasteiger partial charge in [0.1, 0.15) is 0 Å². The molecule has 0 saturated heterocycles. The highest BCUT2D eigenvalue weighted by Gasteiger charge is 2.43. The largest absolute Gasteiger partial charge is 0.465 e. The van der Waals surface area contributed by atoms with Gasteiger partial charge in [-0.05, 0) is 47.4 Å². The molecule has 1 amide bonds. The third-order valence-electron chi connectivity index (χ3n) is 5.58. The molecule has 1 heterocycles. The third-order valence-corrected chi connectivity index (χ3v) is 5.58. The first-order chi connectivity index (χ1) is 14.8. The molecular weight excluding hydrogens is 398 g/mol. The monoisotopic (exact) mass is 423 g/mol. The molecule has 0 aliphatic carbocycles. The summed E-state index contributed by atoms with van der Waals surface area (Å²) >= 11 is 0. The molecule has 0 saturated carbocycles. The zero-order valence-corrected chi connectivity index (χ0v) is 18.1. The van der Waals surface area contributed by atoms with E-state index in [2.05, 4.69) is 6.58 Å². The number of carbonyl (C=O) groups is 3. The minimum atomic E-state index is -0.576. The fourth-order valence-electron chi connectivity index (χ4n) is 4.09. The number of esters is 2. The maximum absolute atomic E-state index is 12.4. The van der Waals surface area contributed by atoms with E-state index in [0.29, 0.717) is 40.9 Å². The van der Waals surface area contributed by atoms with Crippen molar-refractivity contribution in [3.05, 3.63) is 71.3 Å². The van der Waals surface area contributed by atoms with Gasteiger partial charge in [0.2, 0.25) is 0 Å². The van der Waals surface area contributed by atoms with Crippen LogP contribution in [0.25, 0.3) is 5.57 Å². The summed E-state index contributed by atoms with van der Waals surface area (Å²) in [6.07, 6.45) is -0.0528. The fraction of sp³-hybridized carbons (Fsp3) is 0.292. The molecule has 1 unspecified atom stereocenters. The Kier molecular flexibility index (Phi) is 6.15. The van der Waals surface area contributed by atoms with Crippen LogP contribution in [0, 0.1) is 0 Å². The lowest BCUT2D eigenvalue weighted by molar-refractivity contribution is 0.0591. The van der Waals surface area contributed by atoms with E-state index in [1.807, 2.05) is 19.1 Å². The van der Waals surface area contributed by atoms with Crippen molar-refractivity contribution in [1.82, 2.24) is 0 Å². The number of methoxy groups -OCH3 is 3. The summed E-state index contributed by atoms with van der Waals surface area (Å²) in [4.78, 5) is 38.2. The van der Waals surface area contributed by atoms with Crippen LogP contribution in [0.4, 0.5) is 10.5 Å². The number of rotatable bonds is 5. The van der Waals surface area contributed by atoms with E-state index in [4.69, 9.17) is 14.2 Å². The lowest BCUT2D eigenvalue weighted by Crippen LogP contribution is -2.35. The van der Waals surface area contributed by atoms with Crippen LogP contribution in [-0.4, -0.2) is 45.9 Å². The average Bonchev–Trinajstić information content (AvgIpc) is 3.09. The molecule has 2 aromatic rings. The van der Waals surface area contributed by atoms with Gasteiger partial charge in [-0.1, -0.05) is 31.7 Å². The number of carbonyl (C=O) groups excluding carboxylic acids is 3. The Morgan fingerprint density at radius 1 is 0.968 bits per heavy atom. The second kappa shape index (κ2) is 8.63. The summed E-state index contributed by atoms with van der Waals surface area (Å²) in [6, 6.07) is 12.2. The second-order valence-corrected chi connectivity index (χ2v) is 7.66. The number of ether oxygens (including phenoxy) is 3. The van der Waals surface area contributed by atoms with Crippen molar-refractivity contribution in [1.29, 1.82) is 0 Å². The molecule has 1 aliphatic heterocycles. The summed E-state index contributed by atoms with van der Waals surface area (Å²) in [6.45, 7) is 6.53. The molecule has 0 fully saturated rings. The van der Waals surface area contributed by atoms with E-state index in [1.54, 1.807) is 30.3 Å². The van der Waals surface area contributed by atoms with E-state index in [1.165, 1.54) is 26.2 Å². The first-order valence-corrected chi connectivity index (χ1v) is 9.69. The Morgan fingerprint density at radius 2 is 1.61 bits per heavy atom. The molecule has 0 N–H and O–H groups in total. The van der Waals surface area contributed by atoms with Gasteiger partial charge in [0, 0.05) is 12.0 Å². The zero-order chi connectivity index (χ0) is 22.8. The van der Waals surface area contributed by atoms with Gasteiger partial charge < -0.3 is 14.2 Å². The molecule has 31 heavy (non-hydrogen) atoms. The number of anilines is 1. The van der Waals surface area contributed by atoms with Crippen molar-refractivity contribution >= 4 is 29.3 Å². The molecule has 2 aromatic carbocycles. The van der Waals surface area contributed by atoms with Crippen LogP contribution in [0.1, 0.15) is 45.2 Å².